The van der Waals surface area contributed by atoms with Crippen molar-refractivity contribution >= 4 is 23.0 Å². The Bertz CT molecular complexity index is 1120. The van der Waals surface area contributed by atoms with Crippen LogP contribution in [0.5, 0.6) is 5.75 Å². The third kappa shape index (κ3) is 5.58. The molecular weight excluding hydrogens is 398 g/mol. The predicted octanol–water partition coefficient (Wildman–Crippen LogP) is 5.73. The first-order chi connectivity index (χ1) is 15.0. The van der Waals surface area contributed by atoms with Gasteiger partial charge < -0.3 is 9.30 Å². The van der Waals surface area contributed by atoms with Crippen LogP contribution in [0.2, 0.25) is 0 Å². The molecule has 3 rings (SSSR count). The summed E-state index contributed by atoms with van der Waals surface area (Å²) in [6.45, 7) is 13.3. The van der Waals surface area contributed by atoms with Gasteiger partial charge in [0.05, 0.1) is 6.21 Å². The lowest BCUT2D eigenvalue weighted by Crippen LogP contribution is -2.25. The average Bonchev–Trinajstić information content (AvgIpc) is 2.96. The highest BCUT2D eigenvalue weighted by molar-refractivity contribution is 6.01. The Morgan fingerprint density at radius 2 is 1.72 bits per heavy atom. The fourth-order valence-electron chi connectivity index (χ4n) is 4.49. The second kappa shape index (κ2) is 9.19. The van der Waals surface area contributed by atoms with Crippen molar-refractivity contribution in [3.8, 4) is 5.75 Å². The van der Waals surface area contributed by atoms with Crippen LogP contribution >= 0.6 is 0 Å². The summed E-state index contributed by atoms with van der Waals surface area (Å²) >= 11 is 0. The van der Waals surface area contributed by atoms with Crippen LogP contribution in [0.25, 0.3) is 10.9 Å². The Kier molecular flexibility index (Phi) is 6.77. The van der Waals surface area contributed by atoms with Gasteiger partial charge in [-0.3, -0.25) is 4.79 Å². The van der Waals surface area contributed by atoms with Crippen molar-refractivity contribution in [2.75, 3.05) is 6.61 Å². The van der Waals surface area contributed by atoms with Crippen LogP contribution in [0.3, 0.4) is 0 Å². The fourth-order valence-corrected chi connectivity index (χ4v) is 4.49. The predicted molar refractivity (Wildman–Crippen MR) is 132 cm³/mol. The fraction of sp³-hybridized carbons (Fsp3) is 0.407. The zero-order valence-electron chi connectivity index (χ0n) is 20.3. The summed E-state index contributed by atoms with van der Waals surface area (Å²) in [5.41, 5.74) is 7.37. The molecule has 0 spiro atoms. The van der Waals surface area contributed by atoms with E-state index in [1.54, 1.807) is 6.21 Å². The van der Waals surface area contributed by atoms with E-state index >= 15 is 0 Å². The summed E-state index contributed by atoms with van der Waals surface area (Å²) in [5.74, 6) is 0.376. The molecule has 2 aromatic carbocycles. The number of fused-ring (bicyclic) bond motifs is 1. The highest BCUT2D eigenvalue weighted by atomic mass is 16.5. The van der Waals surface area contributed by atoms with E-state index in [0.717, 1.165) is 28.6 Å². The van der Waals surface area contributed by atoms with Crippen LogP contribution in [-0.2, 0) is 17.3 Å². The van der Waals surface area contributed by atoms with Gasteiger partial charge in [0.2, 0.25) is 0 Å². The van der Waals surface area contributed by atoms with Crippen molar-refractivity contribution in [2.45, 2.75) is 53.4 Å². The van der Waals surface area contributed by atoms with Crippen LogP contribution in [-0.4, -0.2) is 23.3 Å². The van der Waals surface area contributed by atoms with Gasteiger partial charge in [0.25, 0.3) is 5.91 Å². The summed E-state index contributed by atoms with van der Waals surface area (Å²) < 4.78 is 7.77. The molecule has 0 atom stereocenters. The number of rotatable bonds is 7. The number of hydrogen-bond donors (Lipinski definition) is 1. The van der Waals surface area contributed by atoms with Gasteiger partial charge in [0, 0.05) is 29.2 Å². The molecule has 0 fully saturated rings. The normalized spacial score (nSPS) is 12.5. The number of nitrogens with one attached hydrogen (secondary N) is 1. The Labute approximate surface area is 191 Å². The third-order valence-electron chi connectivity index (χ3n) is 5.81. The van der Waals surface area contributed by atoms with Crippen molar-refractivity contribution in [1.82, 2.24) is 9.99 Å². The highest BCUT2D eigenvalue weighted by Gasteiger charge is 2.27. The van der Waals surface area contributed by atoms with E-state index in [2.05, 4.69) is 74.0 Å². The van der Waals surface area contributed by atoms with E-state index in [9.17, 15) is 4.79 Å². The Hall–Kier alpha value is -3.08. The van der Waals surface area contributed by atoms with Crippen molar-refractivity contribution < 1.29 is 9.53 Å². The second-order valence-electron chi connectivity index (χ2n) is 10.3. The van der Waals surface area contributed by atoms with E-state index in [4.69, 9.17) is 4.74 Å². The smallest absolute Gasteiger partial charge is 0.277 e. The Morgan fingerprint density at radius 1 is 1.06 bits per heavy atom. The zero-order valence-corrected chi connectivity index (χ0v) is 20.3. The molecule has 0 saturated heterocycles. The van der Waals surface area contributed by atoms with Gasteiger partial charge in [-0.2, -0.15) is 5.10 Å². The van der Waals surface area contributed by atoms with Crippen molar-refractivity contribution in [1.29, 1.82) is 0 Å². The van der Waals surface area contributed by atoms with Gasteiger partial charge in [-0.1, -0.05) is 65.0 Å². The molecule has 0 aliphatic rings. The first-order valence-corrected chi connectivity index (χ1v) is 11.1. The van der Waals surface area contributed by atoms with E-state index < -0.39 is 0 Å². The zero-order chi connectivity index (χ0) is 23.5. The minimum atomic E-state index is -0.295. The van der Waals surface area contributed by atoms with Crippen molar-refractivity contribution in [3.05, 3.63) is 65.4 Å². The summed E-state index contributed by atoms with van der Waals surface area (Å²) in [4.78, 5) is 12.2. The average molecular weight is 434 g/mol. The van der Waals surface area contributed by atoms with Crippen LogP contribution in [0.15, 0.2) is 53.6 Å². The molecule has 0 aliphatic heterocycles. The van der Waals surface area contributed by atoms with Gasteiger partial charge in [0.15, 0.2) is 6.61 Å². The molecule has 1 heterocycles. The number of amides is 1. The maximum absolute atomic E-state index is 12.2. The first kappa shape index (κ1) is 23.6. The quantitative estimate of drug-likeness (QED) is 0.382. The van der Waals surface area contributed by atoms with Crippen LogP contribution in [0.4, 0.5) is 0 Å². The van der Waals surface area contributed by atoms with E-state index in [-0.39, 0.29) is 23.3 Å². The Morgan fingerprint density at radius 3 is 2.38 bits per heavy atom. The minimum Gasteiger partial charge on any atom is -0.484 e. The number of benzene rings is 2. The molecule has 0 aliphatic carbocycles. The molecule has 0 bridgehead atoms. The number of hydrazone groups is 1. The standard InChI is InChI=1S/C27H35N3O2/c1-19-23(22-10-8-9-11-24(22)30(19)7)16-28-29-25(31)17-32-21-14-12-20(13-15-21)27(5,6)18-26(2,3)4/h8-16H,17-18H2,1-7H3,(H,29,31). The number of hydrogen-bond acceptors (Lipinski definition) is 3. The minimum absolute atomic E-state index is 0.0720. The highest BCUT2D eigenvalue weighted by Crippen LogP contribution is 2.36. The molecule has 1 N–H and O–H groups in total. The summed E-state index contributed by atoms with van der Waals surface area (Å²) in [7, 11) is 2.02. The lowest BCUT2D eigenvalue weighted by Gasteiger charge is -2.33. The van der Waals surface area contributed by atoms with Crippen LogP contribution in [0, 0.1) is 12.3 Å². The lowest BCUT2D eigenvalue weighted by molar-refractivity contribution is -0.123. The number of ether oxygens (including phenoxy) is 1. The van der Waals surface area contributed by atoms with E-state index in [1.807, 2.05) is 38.2 Å². The van der Waals surface area contributed by atoms with Gasteiger partial charge in [-0.25, -0.2) is 5.43 Å². The molecule has 0 radical (unpaired) electrons. The van der Waals surface area contributed by atoms with Gasteiger partial charge in [0.1, 0.15) is 5.75 Å². The number of nitrogens with zero attached hydrogens (tertiary/aromatic N) is 2. The largest absolute Gasteiger partial charge is 0.484 e. The van der Waals surface area contributed by atoms with E-state index in [1.165, 1.54) is 5.56 Å². The number of aryl methyl sites for hydroxylation is 1. The molecule has 0 saturated carbocycles. The molecule has 3 aromatic rings. The number of carbonyl (C=O) groups is 1. The molecule has 1 aromatic heterocycles. The molecule has 0 unspecified atom stereocenters. The Balaban J connectivity index is 1.56. The third-order valence-corrected chi connectivity index (χ3v) is 5.81. The van der Waals surface area contributed by atoms with Crippen LogP contribution < -0.4 is 10.2 Å². The maximum Gasteiger partial charge on any atom is 0.277 e. The number of aromatic nitrogens is 1. The molecule has 5 heteroatoms. The monoisotopic (exact) mass is 433 g/mol. The molecular formula is C27H35N3O2. The second-order valence-corrected chi connectivity index (χ2v) is 10.3. The topological polar surface area (TPSA) is 55.6 Å². The summed E-state index contributed by atoms with van der Waals surface area (Å²) in [5, 5.41) is 5.25. The van der Waals surface area contributed by atoms with Gasteiger partial charge in [-0.05, 0) is 47.9 Å². The first-order valence-electron chi connectivity index (χ1n) is 11.1. The lowest BCUT2D eigenvalue weighted by atomic mass is 9.72. The number of carbonyl (C=O) groups excluding carboxylic acids is 1. The summed E-state index contributed by atoms with van der Waals surface area (Å²) in [6.07, 6.45) is 2.78. The van der Waals surface area contributed by atoms with Crippen molar-refractivity contribution in [3.63, 3.8) is 0 Å². The van der Waals surface area contributed by atoms with Crippen molar-refractivity contribution in [2.24, 2.45) is 17.6 Å². The molecule has 1 amide bonds. The molecule has 5 nitrogen and oxygen atoms in total. The van der Waals surface area contributed by atoms with E-state index in [0.29, 0.717) is 5.75 Å². The van der Waals surface area contributed by atoms with Gasteiger partial charge >= 0.3 is 0 Å². The SMILES string of the molecule is Cc1c(C=NNC(=O)COc2ccc(C(C)(C)CC(C)(C)C)cc2)c2ccccc2n1C. The number of para-hydroxylation sites is 1. The summed E-state index contributed by atoms with van der Waals surface area (Å²) in [6, 6.07) is 16.2. The van der Waals surface area contributed by atoms with Crippen LogP contribution in [0.1, 0.15) is 57.9 Å². The molecule has 32 heavy (non-hydrogen) atoms. The maximum atomic E-state index is 12.2. The molecule has 170 valence electrons. The van der Waals surface area contributed by atoms with Gasteiger partial charge in [-0.15, -0.1) is 0 Å².